The zero-order valence-electron chi connectivity index (χ0n) is 12.0. The molecule has 0 aliphatic heterocycles. The zero-order chi connectivity index (χ0) is 13.9. The molecule has 1 heterocycles. The highest BCUT2D eigenvalue weighted by Crippen LogP contribution is 2.15. The molecule has 1 atom stereocenters. The Morgan fingerprint density at radius 1 is 1.44 bits per heavy atom. The van der Waals surface area contributed by atoms with Crippen molar-refractivity contribution in [3.8, 4) is 0 Å². The predicted molar refractivity (Wildman–Crippen MR) is 72.3 cm³/mol. The summed E-state index contributed by atoms with van der Waals surface area (Å²) in [7, 11) is 1.76. The number of carbonyl (C=O) groups excluding carboxylic acids is 1. The van der Waals surface area contributed by atoms with Crippen molar-refractivity contribution < 1.29 is 4.79 Å². The van der Waals surface area contributed by atoms with Crippen molar-refractivity contribution in [1.82, 2.24) is 15.1 Å². The molecule has 0 radical (unpaired) electrons. The van der Waals surface area contributed by atoms with Crippen LogP contribution in [0.5, 0.6) is 0 Å². The van der Waals surface area contributed by atoms with Gasteiger partial charge in [-0.25, -0.2) is 0 Å². The van der Waals surface area contributed by atoms with Crippen LogP contribution < -0.4 is 11.1 Å². The van der Waals surface area contributed by atoms with Crippen LogP contribution >= 0.6 is 0 Å². The van der Waals surface area contributed by atoms with Gasteiger partial charge in [-0.2, -0.15) is 5.10 Å². The molecule has 0 aliphatic carbocycles. The predicted octanol–water partition coefficient (Wildman–Crippen LogP) is 1.05. The Kier molecular flexibility index (Phi) is 4.51. The summed E-state index contributed by atoms with van der Waals surface area (Å²) in [6, 6.07) is 0. The molecule has 5 nitrogen and oxygen atoms in total. The molecule has 0 bridgehead atoms. The first-order valence-electron chi connectivity index (χ1n) is 6.31. The highest BCUT2D eigenvalue weighted by Gasteiger charge is 2.28. The van der Waals surface area contributed by atoms with Crippen LogP contribution in [0.1, 0.15) is 36.7 Å². The number of nitrogens with zero attached hydrogens (tertiary/aromatic N) is 2. The van der Waals surface area contributed by atoms with E-state index < -0.39 is 5.54 Å². The summed E-state index contributed by atoms with van der Waals surface area (Å²) in [6.07, 6.45) is 1.57. The molecule has 0 spiro atoms. The third-order valence-corrected chi connectivity index (χ3v) is 3.89. The van der Waals surface area contributed by atoms with Gasteiger partial charge in [0.05, 0.1) is 11.2 Å². The van der Waals surface area contributed by atoms with E-state index in [2.05, 4.69) is 24.3 Å². The Bertz CT molecular complexity index is 438. The van der Waals surface area contributed by atoms with E-state index in [1.165, 1.54) is 11.3 Å². The van der Waals surface area contributed by atoms with E-state index in [1.807, 2.05) is 18.5 Å². The van der Waals surface area contributed by atoms with Crippen molar-refractivity contribution in [1.29, 1.82) is 0 Å². The second kappa shape index (κ2) is 5.52. The summed E-state index contributed by atoms with van der Waals surface area (Å²) in [5, 5.41) is 7.47. The highest BCUT2D eigenvalue weighted by atomic mass is 16.1. The van der Waals surface area contributed by atoms with Crippen molar-refractivity contribution in [3.63, 3.8) is 0 Å². The molecular weight excluding hydrogens is 228 g/mol. The minimum atomic E-state index is -0.634. The number of hydrogen-bond donors (Lipinski definition) is 2. The Morgan fingerprint density at radius 2 is 2.06 bits per heavy atom. The van der Waals surface area contributed by atoms with Gasteiger partial charge in [0.15, 0.2) is 0 Å². The number of hydrogen-bond acceptors (Lipinski definition) is 3. The smallest absolute Gasteiger partial charge is 0.237 e. The fourth-order valence-electron chi connectivity index (χ4n) is 1.96. The normalized spacial score (nSPS) is 14.5. The van der Waals surface area contributed by atoms with Crippen LogP contribution in [0, 0.1) is 20.8 Å². The molecule has 0 aromatic carbocycles. The number of nitrogens with two attached hydrogens (primary N) is 1. The minimum Gasteiger partial charge on any atom is -0.368 e. The number of amides is 1. The lowest BCUT2D eigenvalue weighted by Gasteiger charge is -2.25. The van der Waals surface area contributed by atoms with E-state index in [0.717, 1.165) is 18.7 Å². The van der Waals surface area contributed by atoms with Gasteiger partial charge >= 0.3 is 0 Å². The Morgan fingerprint density at radius 3 is 2.44 bits per heavy atom. The number of nitrogens with one attached hydrogen (secondary N) is 1. The van der Waals surface area contributed by atoms with Crippen molar-refractivity contribution >= 4 is 5.91 Å². The Hall–Kier alpha value is -1.36. The summed E-state index contributed by atoms with van der Waals surface area (Å²) in [4.78, 5) is 11.4. The number of primary amides is 1. The minimum absolute atomic E-state index is 0.311. The Labute approximate surface area is 109 Å². The van der Waals surface area contributed by atoms with Crippen LogP contribution in [0.25, 0.3) is 0 Å². The summed E-state index contributed by atoms with van der Waals surface area (Å²) in [5.41, 5.74) is 8.26. The standard InChI is InChI=1S/C13H24N4O/c1-9-10(2)16-17(11(9)3)8-6-7-13(4,15-5)12(14)18/h15H,6-8H2,1-5H3,(H2,14,18). The van der Waals surface area contributed by atoms with E-state index >= 15 is 0 Å². The van der Waals surface area contributed by atoms with E-state index in [0.29, 0.717) is 6.42 Å². The lowest BCUT2D eigenvalue weighted by Crippen LogP contribution is -2.51. The molecule has 5 heteroatoms. The molecule has 0 aliphatic rings. The van der Waals surface area contributed by atoms with Crippen LogP contribution in [0.15, 0.2) is 0 Å². The maximum absolute atomic E-state index is 11.4. The van der Waals surface area contributed by atoms with Gasteiger partial charge in [-0.05, 0) is 53.1 Å². The first-order chi connectivity index (χ1) is 8.31. The monoisotopic (exact) mass is 252 g/mol. The topological polar surface area (TPSA) is 72.9 Å². The van der Waals surface area contributed by atoms with Crippen LogP contribution in [-0.2, 0) is 11.3 Å². The lowest BCUT2D eigenvalue weighted by molar-refractivity contribution is -0.123. The molecule has 0 fully saturated rings. The van der Waals surface area contributed by atoms with Crippen LogP contribution in [0.2, 0.25) is 0 Å². The molecule has 1 rings (SSSR count). The van der Waals surface area contributed by atoms with Gasteiger partial charge in [0.25, 0.3) is 0 Å². The number of carbonyl (C=O) groups is 1. The van der Waals surface area contributed by atoms with Gasteiger partial charge in [0, 0.05) is 12.2 Å². The maximum Gasteiger partial charge on any atom is 0.237 e. The van der Waals surface area contributed by atoms with Crippen molar-refractivity contribution in [2.45, 2.75) is 52.6 Å². The summed E-state index contributed by atoms with van der Waals surface area (Å²) in [5.74, 6) is -0.311. The van der Waals surface area contributed by atoms with Crippen molar-refractivity contribution in [2.75, 3.05) is 7.05 Å². The second-order valence-electron chi connectivity index (χ2n) is 5.07. The second-order valence-corrected chi connectivity index (χ2v) is 5.07. The van der Waals surface area contributed by atoms with Gasteiger partial charge in [-0.3, -0.25) is 9.48 Å². The fraction of sp³-hybridized carbons (Fsp3) is 0.692. The molecule has 0 saturated heterocycles. The summed E-state index contributed by atoms with van der Waals surface area (Å²) >= 11 is 0. The van der Waals surface area contributed by atoms with Gasteiger partial charge in [-0.1, -0.05) is 0 Å². The van der Waals surface area contributed by atoms with Crippen molar-refractivity contribution in [3.05, 3.63) is 17.0 Å². The average Bonchev–Trinajstić information content (AvgIpc) is 2.56. The van der Waals surface area contributed by atoms with Crippen LogP contribution in [0.3, 0.4) is 0 Å². The first-order valence-corrected chi connectivity index (χ1v) is 6.31. The van der Waals surface area contributed by atoms with Gasteiger partial charge in [-0.15, -0.1) is 0 Å². The van der Waals surface area contributed by atoms with Crippen LogP contribution in [-0.4, -0.2) is 28.3 Å². The largest absolute Gasteiger partial charge is 0.368 e. The molecule has 18 heavy (non-hydrogen) atoms. The summed E-state index contributed by atoms with van der Waals surface area (Å²) < 4.78 is 2.00. The number of aromatic nitrogens is 2. The molecule has 3 N–H and O–H groups in total. The molecule has 102 valence electrons. The summed E-state index contributed by atoms with van der Waals surface area (Å²) in [6.45, 7) is 8.81. The molecule has 1 amide bonds. The van der Waals surface area contributed by atoms with Gasteiger partial charge in [0.2, 0.25) is 5.91 Å². The van der Waals surface area contributed by atoms with E-state index in [4.69, 9.17) is 5.73 Å². The quantitative estimate of drug-likeness (QED) is 0.795. The van der Waals surface area contributed by atoms with E-state index in [9.17, 15) is 4.79 Å². The highest BCUT2D eigenvalue weighted by molar-refractivity contribution is 5.84. The molecular formula is C13H24N4O. The molecule has 1 aromatic heterocycles. The van der Waals surface area contributed by atoms with Crippen LogP contribution in [0.4, 0.5) is 0 Å². The average molecular weight is 252 g/mol. The third kappa shape index (κ3) is 2.90. The third-order valence-electron chi connectivity index (χ3n) is 3.89. The molecule has 1 unspecified atom stereocenters. The van der Waals surface area contributed by atoms with Crippen molar-refractivity contribution in [2.24, 2.45) is 5.73 Å². The van der Waals surface area contributed by atoms with E-state index in [-0.39, 0.29) is 5.91 Å². The zero-order valence-corrected chi connectivity index (χ0v) is 12.0. The fourth-order valence-corrected chi connectivity index (χ4v) is 1.96. The number of likely N-dealkylation sites (N-methyl/N-ethyl adjacent to an activating group) is 1. The molecule has 0 saturated carbocycles. The number of rotatable bonds is 6. The maximum atomic E-state index is 11.4. The lowest BCUT2D eigenvalue weighted by atomic mass is 9.95. The number of aryl methyl sites for hydroxylation is 2. The van der Waals surface area contributed by atoms with E-state index in [1.54, 1.807) is 7.05 Å². The first kappa shape index (κ1) is 14.7. The van der Waals surface area contributed by atoms with Gasteiger partial charge < -0.3 is 11.1 Å². The SMILES string of the molecule is CNC(C)(CCCn1nc(C)c(C)c1C)C(N)=O. The molecule has 1 aromatic rings. The Balaban J connectivity index is 2.61. The van der Waals surface area contributed by atoms with Gasteiger partial charge in [0.1, 0.15) is 0 Å².